The quantitative estimate of drug-likeness (QED) is 0.833. The Bertz CT molecular complexity index is 673. The van der Waals surface area contributed by atoms with Gasteiger partial charge in [0.05, 0.1) is 12.7 Å². The number of carbonyl (C=O) groups excluding carboxylic acids is 1. The molecule has 5 nitrogen and oxygen atoms in total. The maximum absolute atomic E-state index is 11.6. The van der Waals surface area contributed by atoms with Gasteiger partial charge in [0.2, 0.25) is 0 Å². The summed E-state index contributed by atoms with van der Waals surface area (Å²) in [4.78, 5) is 15.7. The number of benzene rings is 1. The summed E-state index contributed by atoms with van der Waals surface area (Å²) in [5.74, 6) is 6.34. The zero-order chi connectivity index (χ0) is 16.3. The molecule has 118 valence electrons. The van der Waals surface area contributed by atoms with E-state index in [-0.39, 0.29) is 19.2 Å². The average Bonchev–Trinajstić information content (AvgIpc) is 2.58. The van der Waals surface area contributed by atoms with Crippen molar-refractivity contribution in [3.8, 4) is 17.6 Å². The second-order valence-corrected chi connectivity index (χ2v) is 4.80. The van der Waals surface area contributed by atoms with E-state index in [1.165, 1.54) is 0 Å². The number of ether oxygens (including phenoxy) is 1. The Balaban J connectivity index is 1.59. The minimum Gasteiger partial charge on any atom is -0.479 e. The van der Waals surface area contributed by atoms with Gasteiger partial charge in [-0.15, -0.1) is 0 Å². The maximum Gasteiger partial charge on any atom is 0.315 e. The van der Waals surface area contributed by atoms with Gasteiger partial charge in [-0.2, -0.15) is 0 Å². The standard InChI is InChI=1S/C18H19N3O2/c1-15-9-10-17(14-20-15)23-12-6-5-11-19-18(22)21-13-16-7-3-2-4-8-16/h2-4,7-10,14H,11-13H2,1H3,(H2,19,21,22). The number of aromatic nitrogens is 1. The fraction of sp³-hybridized carbons (Fsp3) is 0.222. The van der Waals surface area contributed by atoms with Gasteiger partial charge in [-0.05, 0) is 24.6 Å². The number of hydrogen-bond donors (Lipinski definition) is 2. The van der Waals surface area contributed by atoms with E-state index >= 15 is 0 Å². The highest BCUT2D eigenvalue weighted by Crippen LogP contribution is 2.07. The van der Waals surface area contributed by atoms with E-state index in [0.29, 0.717) is 12.3 Å². The Labute approximate surface area is 136 Å². The van der Waals surface area contributed by atoms with Crippen LogP contribution in [0.3, 0.4) is 0 Å². The molecule has 2 N–H and O–H groups in total. The summed E-state index contributed by atoms with van der Waals surface area (Å²) in [5, 5.41) is 5.43. The predicted octanol–water partition coefficient (Wildman–Crippen LogP) is 2.27. The van der Waals surface area contributed by atoms with Crippen molar-refractivity contribution in [1.82, 2.24) is 15.6 Å². The van der Waals surface area contributed by atoms with E-state index in [1.54, 1.807) is 6.20 Å². The molecule has 0 saturated carbocycles. The second kappa shape index (κ2) is 9.11. The first kappa shape index (κ1) is 16.4. The van der Waals surface area contributed by atoms with Crippen LogP contribution in [-0.4, -0.2) is 24.2 Å². The summed E-state index contributed by atoms with van der Waals surface area (Å²) in [6.45, 7) is 2.94. The lowest BCUT2D eigenvalue weighted by molar-refractivity contribution is 0.241. The number of nitrogens with one attached hydrogen (secondary N) is 2. The fourth-order valence-electron chi connectivity index (χ4n) is 1.74. The monoisotopic (exact) mass is 309 g/mol. The molecule has 23 heavy (non-hydrogen) atoms. The zero-order valence-corrected chi connectivity index (χ0v) is 13.0. The lowest BCUT2D eigenvalue weighted by atomic mass is 10.2. The fourth-order valence-corrected chi connectivity index (χ4v) is 1.74. The van der Waals surface area contributed by atoms with E-state index in [9.17, 15) is 4.79 Å². The number of carbonyl (C=O) groups is 1. The minimum atomic E-state index is -0.244. The Kier molecular flexibility index (Phi) is 6.48. The number of hydrogen-bond acceptors (Lipinski definition) is 3. The molecule has 2 rings (SSSR count). The van der Waals surface area contributed by atoms with Crippen molar-refractivity contribution in [2.24, 2.45) is 0 Å². The van der Waals surface area contributed by atoms with Gasteiger partial charge in [0.15, 0.2) is 0 Å². The van der Waals surface area contributed by atoms with Gasteiger partial charge in [-0.25, -0.2) is 4.79 Å². The van der Waals surface area contributed by atoms with Crippen molar-refractivity contribution in [3.05, 3.63) is 59.9 Å². The van der Waals surface area contributed by atoms with Gasteiger partial charge in [0, 0.05) is 12.2 Å². The van der Waals surface area contributed by atoms with Crippen LogP contribution in [0.1, 0.15) is 11.3 Å². The first-order chi connectivity index (χ1) is 11.2. The van der Waals surface area contributed by atoms with Crippen molar-refractivity contribution < 1.29 is 9.53 Å². The van der Waals surface area contributed by atoms with Crippen LogP contribution >= 0.6 is 0 Å². The van der Waals surface area contributed by atoms with Gasteiger partial charge in [0.1, 0.15) is 12.4 Å². The van der Waals surface area contributed by atoms with Crippen molar-refractivity contribution in [1.29, 1.82) is 0 Å². The number of amides is 2. The minimum absolute atomic E-state index is 0.244. The molecule has 0 aliphatic rings. The smallest absolute Gasteiger partial charge is 0.315 e. The lowest BCUT2D eigenvalue weighted by Crippen LogP contribution is -2.35. The molecule has 2 amide bonds. The molecule has 0 fully saturated rings. The molecule has 0 bridgehead atoms. The highest BCUT2D eigenvalue weighted by atomic mass is 16.5. The molecule has 5 heteroatoms. The zero-order valence-electron chi connectivity index (χ0n) is 13.0. The third kappa shape index (κ3) is 6.53. The van der Waals surface area contributed by atoms with Crippen LogP contribution in [-0.2, 0) is 6.54 Å². The molecule has 1 aromatic heterocycles. The Morgan fingerprint density at radius 3 is 2.70 bits per heavy atom. The average molecular weight is 309 g/mol. The van der Waals surface area contributed by atoms with Gasteiger partial charge in [0.25, 0.3) is 0 Å². The first-order valence-corrected chi connectivity index (χ1v) is 7.31. The molecule has 2 aromatic rings. The highest BCUT2D eigenvalue weighted by Gasteiger charge is 1.97. The Hall–Kier alpha value is -3.00. The Morgan fingerprint density at radius 2 is 1.96 bits per heavy atom. The Morgan fingerprint density at radius 1 is 1.13 bits per heavy atom. The molecule has 0 radical (unpaired) electrons. The number of urea groups is 1. The van der Waals surface area contributed by atoms with Crippen LogP contribution in [0.4, 0.5) is 4.79 Å². The van der Waals surface area contributed by atoms with Crippen LogP contribution in [0.15, 0.2) is 48.7 Å². The molecule has 1 aromatic carbocycles. The molecule has 0 atom stereocenters. The summed E-state index contributed by atoms with van der Waals surface area (Å²) in [6, 6.07) is 13.2. The number of pyridine rings is 1. The van der Waals surface area contributed by atoms with E-state index in [0.717, 1.165) is 11.3 Å². The third-order valence-corrected chi connectivity index (χ3v) is 2.95. The van der Waals surface area contributed by atoms with E-state index in [1.807, 2.05) is 49.4 Å². The van der Waals surface area contributed by atoms with Crippen LogP contribution in [0.25, 0.3) is 0 Å². The number of rotatable bonds is 5. The van der Waals surface area contributed by atoms with Crippen LogP contribution in [0.2, 0.25) is 0 Å². The van der Waals surface area contributed by atoms with Crippen molar-refractivity contribution in [3.63, 3.8) is 0 Å². The van der Waals surface area contributed by atoms with E-state index < -0.39 is 0 Å². The topological polar surface area (TPSA) is 63.2 Å². The van der Waals surface area contributed by atoms with Gasteiger partial charge >= 0.3 is 6.03 Å². The SMILES string of the molecule is Cc1ccc(OCC#CCNC(=O)NCc2ccccc2)cn1. The molecular weight excluding hydrogens is 290 g/mol. The van der Waals surface area contributed by atoms with Crippen LogP contribution in [0.5, 0.6) is 5.75 Å². The predicted molar refractivity (Wildman–Crippen MR) is 88.9 cm³/mol. The lowest BCUT2D eigenvalue weighted by Gasteiger charge is -2.05. The van der Waals surface area contributed by atoms with Crippen molar-refractivity contribution in [2.75, 3.05) is 13.2 Å². The maximum atomic E-state index is 11.6. The van der Waals surface area contributed by atoms with Gasteiger partial charge < -0.3 is 15.4 Å². The molecule has 0 spiro atoms. The van der Waals surface area contributed by atoms with Crippen molar-refractivity contribution in [2.45, 2.75) is 13.5 Å². The number of aryl methyl sites for hydroxylation is 1. The molecule has 0 aliphatic heterocycles. The molecule has 0 aliphatic carbocycles. The third-order valence-electron chi connectivity index (χ3n) is 2.95. The first-order valence-electron chi connectivity index (χ1n) is 7.31. The van der Waals surface area contributed by atoms with Crippen LogP contribution < -0.4 is 15.4 Å². The molecule has 0 saturated heterocycles. The normalized spacial score (nSPS) is 9.43. The molecular formula is C18H19N3O2. The highest BCUT2D eigenvalue weighted by molar-refractivity contribution is 5.74. The summed E-state index contributed by atoms with van der Waals surface area (Å²) in [5.41, 5.74) is 1.99. The summed E-state index contributed by atoms with van der Waals surface area (Å²) in [7, 11) is 0. The van der Waals surface area contributed by atoms with Crippen molar-refractivity contribution >= 4 is 6.03 Å². The molecule has 1 heterocycles. The summed E-state index contributed by atoms with van der Waals surface area (Å²) in [6.07, 6.45) is 1.66. The van der Waals surface area contributed by atoms with Gasteiger partial charge in [-0.1, -0.05) is 42.2 Å². The van der Waals surface area contributed by atoms with Crippen LogP contribution in [0, 0.1) is 18.8 Å². The number of nitrogens with zero attached hydrogens (tertiary/aromatic N) is 1. The van der Waals surface area contributed by atoms with Gasteiger partial charge in [-0.3, -0.25) is 4.98 Å². The van der Waals surface area contributed by atoms with E-state index in [4.69, 9.17) is 4.74 Å². The van der Waals surface area contributed by atoms with E-state index in [2.05, 4.69) is 27.5 Å². The molecule has 0 unspecified atom stereocenters. The summed E-state index contributed by atoms with van der Waals surface area (Å²) >= 11 is 0. The summed E-state index contributed by atoms with van der Waals surface area (Å²) < 4.78 is 5.41. The second-order valence-electron chi connectivity index (χ2n) is 4.80. The largest absolute Gasteiger partial charge is 0.479 e.